The van der Waals surface area contributed by atoms with Gasteiger partial charge in [-0.25, -0.2) is 9.97 Å². The summed E-state index contributed by atoms with van der Waals surface area (Å²) in [5.74, 6) is 1.99. The molecule has 1 aromatic heterocycles. The van der Waals surface area contributed by atoms with Crippen LogP contribution in [0.15, 0.2) is 24.3 Å². The molecule has 2 N–H and O–H groups in total. The van der Waals surface area contributed by atoms with E-state index >= 15 is 0 Å². The first kappa shape index (κ1) is 18.5. The van der Waals surface area contributed by atoms with E-state index in [0.717, 1.165) is 6.42 Å². The number of nitrogens with zero attached hydrogens (tertiary/aromatic N) is 2. The Kier molecular flexibility index (Phi) is 6.16. The predicted molar refractivity (Wildman–Crippen MR) is 97.6 cm³/mol. The molecular weight excluding hydrogens is 320 g/mol. The summed E-state index contributed by atoms with van der Waals surface area (Å²) >= 11 is 0. The second-order valence-electron chi connectivity index (χ2n) is 5.66. The van der Waals surface area contributed by atoms with Gasteiger partial charge in [0, 0.05) is 23.9 Å². The number of methoxy groups -OCH3 is 2. The number of rotatable bonds is 7. The number of amides is 1. The highest BCUT2D eigenvalue weighted by Crippen LogP contribution is 2.29. The number of carbonyl (C=O) groups is 1. The number of aryl methyl sites for hydroxylation is 1. The smallest absolute Gasteiger partial charge is 0.274 e. The Morgan fingerprint density at radius 2 is 1.88 bits per heavy atom. The van der Waals surface area contributed by atoms with Crippen LogP contribution >= 0.6 is 0 Å². The first-order valence-corrected chi connectivity index (χ1v) is 8.12. The second kappa shape index (κ2) is 8.32. The monoisotopic (exact) mass is 344 g/mol. The third kappa shape index (κ3) is 4.82. The van der Waals surface area contributed by atoms with Crippen LogP contribution in [0.3, 0.4) is 0 Å². The molecular formula is C18H24N4O3. The lowest BCUT2D eigenvalue weighted by Crippen LogP contribution is -2.18. The van der Waals surface area contributed by atoms with Crippen molar-refractivity contribution in [2.24, 2.45) is 0 Å². The molecule has 134 valence electrons. The molecule has 0 aliphatic heterocycles. The SMILES string of the molecule is CCC(C)Nc1cc(C(=O)Nc2ccc(OC)c(OC)c2)nc(C)n1. The van der Waals surface area contributed by atoms with Gasteiger partial charge in [0.1, 0.15) is 17.3 Å². The lowest BCUT2D eigenvalue weighted by Gasteiger charge is -2.14. The van der Waals surface area contributed by atoms with E-state index in [1.807, 2.05) is 0 Å². The minimum Gasteiger partial charge on any atom is -0.493 e. The molecule has 0 spiro atoms. The Bertz CT molecular complexity index is 749. The van der Waals surface area contributed by atoms with Crippen molar-refractivity contribution in [3.8, 4) is 11.5 Å². The van der Waals surface area contributed by atoms with E-state index in [1.54, 1.807) is 45.4 Å². The summed E-state index contributed by atoms with van der Waals surface area (Å²) in [5, 5.41) is 6.07. The molecule has 1 heterocycles. The van der Waals surface area contributed by atoms with Crippen LogP contribution in [0.25, 0.3) is 0 Å². The normalized spacial score (nSPS) is 11.6. The summed E-state index contributed by atoms with van der Waals surface area (Å²) in [5.41, 5.74) is 0.892. The van der Waals surface area contributed by atoms with Gasteiger partial charge in [0.15, 0.2) is 11.5 Å². The Labute approximate surface area is 147 Å². The van der Waals surface area contributed by atoms with Gasteiger partial charge in [-0.05, 0) is 32.4 Å². The third-order valence-electron chi connectivity index (χ3n) is 3.72. The standard InChI is InChI=1S/C18H24N4O3/c1-6-11(2)19-17-10-14(20-12(3)21-17)18(23)22-13-7-8-15(24-4)16(9-13)25-5/h7-11H,6H2,1-5H3,(H,22,23)(H,19,20,21). The molecule has 1 unspecified atom stereocenters. The molecule has 0 fully saturated rings. The van der Waals surface area contributed by atoms with Crippen molar-refractivity contribution in [3.05, 3.63) is 35.8 Å². The number of hydrogen-bond donors (Lipinski definition) is 2. The molecule has 1 atom stereocenters. The Hall–Kier alpha value is -2.83. The maximum absolute atomic E-state index is 12.5. The molecule has 0 aliphatic carbocycles. The van der Waals surface area contributed by atoms with Crippen molar-refractivity contribution in [1.29, 1.82) is 0 Å². The molecule has 1 aromatic carbocycles. The molecule has 0 aliphatic rings. The molecule has 2 rings (SSSR count). The number of benzene rings is 1. The van der Waals surface area contributed by atoms with Gasteiger partial charge in [-0.1, -0.05) is 6.92 Å². The molecule has 7 nitrogen and oxygen atoms in total. The van der Waals surface area contributed by atoms with Gasteiger partial charge >= 0.3 is 0 Å². The minimum atomic E-state index is -0.315. The molecule has 0 bridgehead atoms. The Morgan fingerprint density at radius 1 is 1.16 bits per heavy atom. The molecule has 0 radical (unpaired) electrons. The molecule has 1 amide bonds. The number of nitrogens with one attached hydrogen (secondary N) is 2. The molecule has 2 aromatic rings. The van der Waals surface area contributed by atoms with Crippen LogP contribution in [0.5, 0.6) is 11.5 Å². The van der Waals surface area contributed by atoms with E-state index in [4.69, 9.17) is 9.47 Å². The summed E-state index contributed by atoms with van der Waals surface area (Å²) in [6.07, 6.45) is 0.955. The van der Waals surface area contributed by atoms with Crippen molar-refractivity contribution in [2.45, 2.75) is 33.2 Å². The number of aromatic nitrogens is 2. The third-order valence-corrected chi connectivity index (χ3v) is 3.72. The molecule has 25 heavy (non-hydrogen) atoms. The average Bonchev–Trinajstić information content (AvgIpc) is 2.60. The van der Waals surface area contributed by atoms with Crippen LogP contribution in [0.1, 0.15) is 36.6 Å². The first-order chi connectivity index (χ1) is 12.0. The highest BCUT2D eigenvalue weighted by Gasteiger charge is 2.13. The van der Waals surface area contributed by atoms with Crippen LogP contribution in [0.2, 0.25) is 0 Å². The average molecular weight is 344 g/mol. The van der Waals surface area contributed by atoms with E-state index < -0.39 is 0 Å². The van der Waals surface area contributed by atoms with E-state index in [-0.39, 0.29) is 11.9 Å². The first-order valence-electron chi connectivity index (χ1n) is 8.12. The van der Waals surface area contributed by atoms with Crippen LogP contribution < -0.4 is 20.1 Å². The predicted octanol–water partition coefficient (Wildman–Crippen LogP) is 3.26. The number of hydrogen-bond acceptors (Lipinski definition) is 6. The summed E-state index contributed by atoms with van der Waals surface area (Å²) < 4.78 is 10.4. The maximum atomic E-state index is 12.5. The van der Waals surface area contributed by atoms with Crippen LogP contribution in [-0.4, -0.2) is 36.1 Å². The zero-order valence-corrected chi connectivity index (χ0v) is 15.2. The van der Waals surface area contributed by atoms with Crippen molar-refractivity contribution in [1.82, 2.24) is 9.97 Å². The van der Waals surface area contributed by atoms with Crippen molar-refractivity contribution in [2.75, 3.05) is 24.9 Å². The van der Waals surface area contributed by atoms with Crippen LogP contribution in [0.4, 0.5) is 11.5 Å². The zero-order valence-electron chi connectivity index (χ0n) is 15.2. The number of anilines is 2. The fraction of sp³-hybridized carbons (Fsp3) is 0.389. The number of ether oxygens (including phenoxy) is 2. The van der Waals surface area contributed by atoms with E-state index in [0.29, 0.717) is 34.5 Å². The van der Waals surface area contributed by atoms with E-state index in [1.165, 1.54) is 0 Å². The van der Waals surface area contributed by atoms with Crippen LogP contribution in [0, 0.1) is 6.92 Å². The summed E-state index contributed by atoms with van der Waals surface area (Å²) in [7, 11) is 3.11. The van der Waals surface area contributed by atoms with Gasteiger partial charge in [-0.15, -0.1) is 0 Å². The van der Waals surface area contributed by atoms with Gasteiger partial charge in [-0.3, -0.25) is 4.79 Å². The topological polar surface area (TPSA) is 85.4 Å². The van der Waals surface area contributed by atoms with Gasteiger partial charge < -0.3 is 20.1 Å². The summed E-state index contributed by atoms with van der Waals surface area (Å²) in [6, 6.07) is 7.08. The molecule has 7 heteroatoms. The molecule has 0 saturated carbocycles. The highest BCUT2D eigenvalue weighted by molar-refractivity contribution is 6.03. The fourth-order valence-electron chi connectivity index (χ4n) is 2.22. The van der Waals surface area contributed by atoms with Crippen LogP contribution in [-0.2, 0) is 0 Å². The highest BCUT2D eigenvalue weighted by atomic mass is 16.5. The van der Waals surface area contributed by atoms with Gasteiger partial charge in [0.2, 0.25) is 0 Å². The quantitative estimate of drug-likeness (QED) is 0.802. The number of carbonyl (C=O) groups excluding carboxylic acids is 1. The lowest BCUT2D eigenvalue weighted by atomic mass is 10.2. The minimum absolute atomic E-state index is 0.260. The van der Waals surface area contributed by atoms with Gasteiger partial charge in [0.05, 0.1) is 14.2 Å². The fourth-order valence-corrected chi connectivity index (χ4v) is 2.22. The lowest BCUT2D eigenvalue weighted by molar-refractivity contribution is 0.102. The van der Waals surface area contributed by atoms with Gasteiger partial charge in [-0.2, -0.15) is 0 Å². The Morgan fingerprint density at radius 3 is 2.52 bits per heavy atom. The van der Waals surface area contributed by atoms with E-state index in [9.17, 15) is 4.79 Å². The Balaban J connectivity index is 2.20. The van der Waals surface area contributed by atoms with Crippen molar-refractivity contribution in [3.63, 3.8) is 0 Å². The van der Waals surface area contributed by atoms with E-state index in [2.05, 4.69) is 34.4 Å². The zero-order chi connectivity index (χ0) is 18.4. The van der Waals surface area contributed by atoms with Crippen molar-refractivity contribution >= 4 is 17.4 Å². The second-order valence-corrected chi connectivity index (χ2v) is 5.66. The maximum Gasteiger partial charge on any atom is 0.274 e. The summed E-state index contributed by atoms with van der Waals surface area (Å²) in [4.78, 5) is 21.1. The molecule has 0 saturated heterocycles. The summed E-state index contributed by atoms with van der Waals surface area (Å²) in [6.45, 7) is 5.90. The van der Waals surface area contributed by atoms with Crippen molar-refractivity contribution < 1.29 is 14.3 Å². The largest absolute Gasteiger partial charge is 0.493 e. The van der Waals surface area contributed by atoms with Gasteiger partial charge in [0.25, 0.3) is 5.91 Å².